The summed E-state index contributed by atoms with van der Waals surface area (Å²) < 4.78 is 9.85. The molecule has 8 heteroatoms. The summed E-state index contributed by atoms with van der Waals surface area (Å²) in [6.07, 6.45) is 1.33. The van der Waals surface area contributed by atoms with Gasteiger partial charge in [0.2, 0.25) is 0 Å². The number of nitrogens with one attached hydrogen (secondary N) is 2. The molecule has 0 aliphatic carbocycles. The molecular formula is C21H26N2O5S. The second-order valence-corrected chi connectivity index (χ2v) is 7.43. The van der Waals surface area contributed by atoms with E-state index in [1.54, 1.807) is 18.7 Å². The number of carbonyl (C=O) groups excluding carboxylic acids is 3. The van der Waals surface area contributed by atoms with Gasteiger partial charge < -0.3 is 19.8 Å². The van der Waals surface area contributed by atoms with E-state index in [1.165, 1.54) is 12.0 Å². The topological polar surface area (TPSA) is 97.5 Å². The SMILES string of the molecule is CCc1[nH]c(C(=O)OCC(=O)NCCCSc2ccccc2)c(C)c1C(=O)OC. The molecule has 0 radical (unpaired) electrons. The lowest BCUT2D eigenvalue weighted by molar-refractivity contribution is -0.124. The molecule has 7 nitrogen and oxygen atoms in total. The van der Waals surface area contributed by atoms with E-state index in [9.17, 15) is 14.4 Å². The molecule has 0 atom stereocenters. The third-order valence-corrected chi connectivity index (χ3v) is 5.36. The molecule has 0 spiro atoms. The van der Waals surface area contributed by atoms with Gasteiger partial charge in [-0.3, -0.25) is 4.79 Å². The van der Waals surface area contributed by atoms with Gasteiger partial charge >= 0.3 is 11.9 Å². The maximum atomic E-state index is 12.3. The number of benzene rings is 1. The van der Waals surface area contributed by atoms with Crippen LogP contribution in [0.2, 0.25) is 0 Å². The van der Waals surface area contributed by atoms with Gasteiger partial charge in [-0.25, -0.2) is 9.59 Å². The average Bonchev–Trinajstić information content (AvgIpc) is 3.08. The number of ether oxygens (including phenoxy) is 2. The Morgan fingerprint density at radius 1 is 1.14 bits per heavy atom. The van der Waals surface area contributed by atoms with Crippen molar-refractivity contribution in [2.75, 3.05) is 26.0 Å². The van der Waals surface area contributed by atoms with Crippen molar-refractivity contribution in [3.05, 3.63) is 52.8 Å². The first kappa shape index (κ1) is 22.5. The van der Waals surface area contributed by atoms with Crippen LogP contribution in [-0.4, -0.2) is 48.8 Å². The smallest absolute Gasteiger partial charge is 0.355 e. The molecule has 0 saturated carbocycles. The third kappa shape index (κ3) is 6.39. The Kier molecular flexibility index (Phi) is 8.79. The third-order valence-electron chi connectivity index (χ3n) is 4.26. The monoisotopic (exact) mass is 418 g/mol. The number of aromatic amines is 1. The lowest BCUT2D eigenvalue weighted by Crippen LogP contribution is -2.30. The number of amides is 1. The van der Waals surface area contributed by atoms with Crippen molar-refractivity contribution in [2.45, 2.75) is 31.6 Å². The van der Waals surface area contributed by atoms with Gasteiger partial charge in [-0.05, 0) is 43.2 Å². The van der Waals surface area contributed by atoms with Crippen LogP contribution in [0, 0.1) is 6.92 Å². The van der Waals surface area contributed by atoms with E-state index in [1.807, 2.05) is 37.3 Å². The minimum Gasteiger partial charge on any atom is -0.465 e. The van der Waals surface area contributed by atoms with Crippen LogP contribution in [0.25, 0.3) is 0 Å². The van der Waals surface area contributed by atoms with Crippen molar-refractivity contribution < 1.29 is 23.9 Å². The van der Waals surface area contributed by atoms with E-state index in [4.69, 9.17) is 9.47 Å². The molecule has 0 fully saturated rings. The first-order valence-corrected chi connectivity index (χ1v) is 10.4. The summed E-state index contributed by atoms with van der Waals surface area (Å²) >= 11 is 1.72. The van der Waals surface area contributed by atoms with E-state index in [0.717, 1.165) is 12.2 Å². The van der Waals surface area contributed by atoms with Crippen molar-refractivity contribution in [3.8, 4) is 0 Å². The van der Waals surface area contributed by atoms with Gasteiger partial charge in [-0.15, -0.1) is 11.8 Å². The number of aromatic nitrogens is 1. The van der Waals surface area contributed by atoms with E-state index in [2.05, 4.69) is 10.3 Å². The number of hydrogen-bond acceptors (Lipinski definition) is 6. The Hall–Kier alpha value is -2.74. The zero-order chi connectivity index (χ0) is 21.2. The Balaban J connectivity index is 1.76. The lowest BCUT2D eigenvalue weighted by atomic mass is 10.1. The van der Waals surface area contributed by atoms with Gasteiger partial charge in [0.15, 0.2) is 6.61 Å². The molecule has 0 unspecified atom stereocenters. The number of hydrogen-bond donors (Lipinski definition) is 2. The summed E-state index contributed by atoms with van der Waals surface area (Å²) in [5.74, 6) is -0.680. The standard InChI is InChI=1S/C21H26N2O5S/c1-4-16-18(20(25)27-3)14(2)19(23-16)21(26)28-13-17(24)22-11-8-12-29-15-9-6-5-7-10-15/h5-7,9-10,23H,4,8,11-13H2,1-3H3,(H,22,24). The summed E-state index contributed by atoms with van der Waals surface area (Å²) in [6, 6.07) is 10.0. The average molecular weight is 419 g/mol. The molecule has 0 bridgehead atoms. The highest BCUT2D eigenvalue weighted by molar-refractivity contribution is 7.99. The maximum Gasteiger partial charge on any atom is 0.355 e. The molecule has 2 aromatic rings. The number of thioether (sulfide) groups is 1. The quantitative estimate of drug-likeness (QED) is 0.350. The molecule has 1 heterocycles. The van der Waals surface area contributed by atoms with E-state index < -0.39 is 11.9 Å². The van der Waals surface area contributed by atoms with Crippen LogP contribution in [0.5, 0.6) is 0 Å². The zero-order valence-corrected chi connectivity index (χ0v) is 17.7. The highest BCUT2D eigenvalue weighted by Gasteiger charge is 2.24. The van der Waals surface area contributed by atoms with E-state index in [-0.39, 0.29) is 18.2 Å². The molecule has 0 saturated heterocycles. The summed E-state index contributed by atoms with van der Waals surface area (Å²) in [4.78, 5) is 40.2. The van der Waals surface area contributed by atoms with Gasteiger partial charge in [-0.2, -0.15) is 0 Å². The fourth-order valence-electron chi connectivity index (χ4n) is 2.77. The molecule has 29 heavy (non-hydrogen) atoms. The molecule has 0 aliphatic heterocycles. The first-order valence-electron chi connectivity index (χ1n) is 9.39. The van der Waals surface area contributed by atoms with Gasteiger partial charge in [-0.1, -0.05) is 25.1 Å². The van der Waals surface area contributed by atoms with E-state index in [0.29, 0.717) is 29.8 Å². The number of carbonyl (C=O) groups is 3. The number of rotatable bonds is 10. The normalized spacial score (nSPS) is 10.4. The molecular weight excluding hydrogens is 392 g/mol. The van der Waals surface area contributed by atoms with Crippen LogP contribution >= 0.6 is 11.8 Å². The summed E-state index contributed by atoms with van der Waals surface area (Å²) in [6.45, 7) is 3.63. The molecule has 156 valence electrons. The maximum absolute atomic E-state index is 12.3. The summed E-state index contributed by atoms with van der Waals surface area (Å²) in [5, 5.41) is 2.73. The minimum atomic E-state index is -0.679. The molecule has 2 N–H and O–H groups in total. The highest BCUT2D eigenvalue weighted by Crippen LogP contribution is 2.21. The Morgan fingerprint density at radius 3 is 2.52 bits per heavy atom. The second-order valence-electron chi connectivity index (χ2n) is 6.26. The van der Waals surface area contributed by atoms with Crippen molar-refractivity contribution in [2.24, 2.45) is 0 Å². The van der Waals surface area contributed by atoms with Crippen LogP contribution in [0.4, 0.5) is 0 Å². The summed E-state index contributed by atoms with van der Waals surface area (Å²) in [5.41, 5.74) is 1.55. The summed E-state index contributed by atoms with van der Waals surface area (Å²) in [7, 11) is 1.29. The number of aryl methyl sites for hydroxylation is 1. The van der Waals surface area contributed by atoms with Crippen LogP contribution in [0.15, 0.2) is 35.2 Å². The van der Waals surface area contributed by atoms with Crippen LogP contribution in [0.1, 0.15) is 45.4 Å². The Labute approximate surface area is 174 Å². The van der Waals surface area contributed by atoms with Gasteiger partial charge in [0.1, 0.15) is 5.69 Å². The largest absolute Gasteiger partial charge is 0.465 e. The fraction of sp³-hybridized carbons (Fsp3) is 0.381. The second kappa shape index (κ2) is 11.3. The van der Waals surface area contributed by atoms with Crippen LogP contribution in [-0.2, 0) is 20.7 Å². The van der Waals surface area contributed by atoms with E-state index >= 15 is 0 Å². The van der Waals surface area contributed by atoms with Gasteiger partial charge in [0.05, 0.1) is 12.7 Å². The predicted molar refractivity (Wildman–Crippen MR) is 111 cm³/mol. The number of H-pyrrole nitrogens is 1. The minimum absolute atomic E-state index is 0.161. The molecule has 0 aliphatic rings. The number of esters is 2. The van der Waals surface area contributed by atoms with Crippen molar-refractivity contribution in [1.29, 1.82) is 0 Å². The zero-order valence-electron chi connectivity index (χ0n) is 16.9. The Bertz CT molecular complexity index is 848. The van der Waals surface area contributed by atoms with Crippen molar-refractivity contribution in [1.82, 2.24) is 10.3 Å². The molecule has 2 rings (SSSR count). The molecule has 1 amide bonds. The molecule has 1 aromatic heterocycles. The van der Waals surface area contributed by atoms with Crippen LogP contribution in [0.3, 0.4) is 0 Å². The van der Waals surface area contributed by atoms with Gasteiger partial charge in [0.25, 0.3) is 5.91 Å². The molecule has 1 aromatic carbocycles. The Morgan fingerprint density at radius 2 is 1.86 bits per heavy atom. The van der Waals surface area contributed by atoms with Crippen molar-refractivity contribution >= 4 is 29.6 Å². The van der Waals surface area contributed by atoms with Crippen LogP contribution < -0.4 is 5.32 Å². The number of methoxy groups -OCH3 is 1. The van der Waals surface area contributed by atoms with Gasteiger partial charge in [0, 0.05) is 17.1 Å². The lowest BCUT2D eigenvalue weighted by Gasteiger charge is -2.07. The van der Waals surface area contributed by atoms with Crippen molar-refractivity contribution in [3.63, 3.8) is 0 Å². The predicted octanol–water partition coefficient (Wildman–Crippen LogP) is 3.13. The fourth-order valence-corrected chi connectivity index (χ4v) is 3.64. The highest BCUT2D eigenvalue weighted by atomic mass is 32.2. The first-order chi connectivity index (χ1) is 14.0.